The second-order valence-electron chi connectivity index (χ2n) is 4.14. The van der Waals surface area contributed by atoms with Crippen LogP contribution in [0.2, 0.25) is 0 Å². The van der Waals surface area contributed by atoms with Crippen LogP contribution in [0.5, 0.6) is 0 Å². The smallest absolute Gasteiger partial charge is 0.270 e. The van der Waals surface area contributed by atoms with Gasteiger partial charge in [0, 0.05) is 29.8 Å². The van der Waals surface area contributed by atoms with Gasteiger partial charge in [-0.25, -0.2) is 4.39 Å². The molecule has 0 heterocycles. The predicted molar refractivity (Wildman–Crippen MR) is 70.8 cm³/mol. The number of hydrogen-bond donors (Lipinski definition) is 1. The third-order valence-electron chi connectivity index (χ3n) is 2.86. The van der Waals surface area contributed by atoms with E-state index in [1.54, 1.807) is 0 Å². The molecule has 0 saturated heterocycles. The van der Waals surface area contributed by atoms with Gasteiger partial charge in [0.05, 0.1) is 4.92 Å². The SMILES string of the molecule is NCc1ccc([N+](=O)[O-])cc1C(=O)c1cccc(F)c1. The molecule has 2 rings (SSSR count). The van der Waals surface area contributed by atoms with Crippen LogP contribution in [0.4, 0.5) is 10.1 Å². The topological polar surface area (TPSA) is 86.2 Å². The van der Waals surface area contributed by atoms with Crippen molar-refractivity contribution in [1.82, 2.24) is 0 Å². The molecule has 0 fully saturated rings. The number of benzene rings is 2. The zero-order valence-corrected chi connectivity index (χ0v) is 10.4. The van der Waals surface area contributed by atoms with Crippen molar-refractivity contribution in [3.63, 3.8) is 0 Å². The number of nitrogens with zero attached hydrogens (tertiary/aromatic N) is 1. The van der Waals surface area contributed by atoms with E-state index in [0.717, 1.165) is 12.1 Å². The molecule has 0 unspecified atom stereocenters. The summed E-state index contributed by atoms with van der Waals surface area (Å²) >= 11 is 0. The van der Waals surface area contributed by atoms with Crippen molar-refractivity contribution in [2.24, 2.45) is 5.73 Å². The molecule has 0 saturated carbocycles. The van der Waals surface area contributed by atoms with Crippen molar-refractivity contribution in [3.8, 4) is 0 Å². The molecular weight excluding hydrogens is 263 g/mol. The number of halogens is 1. The van der Waals surface area contributed by atoms with Crippen LogP contribution in [0, 0.1) is 15.9 Å². The minimum absolute atomic E-state index is 0.0639. The molecule has 20 heavy (non-hydrogen) atoms. The summed E-state index contributed by atoms with van der Waals surface area (Å²) < 4.78 is 13.1. The van der Waals surface area contributed by atoms with Crippen molar-refractivity contribution in [3.05, 3.63) is 75.1 Å². The highest BCUT2D eigenvalue weighted by atomic mass is 19.1. The van der Waals surface area contributed by atoms with Crippen LogP contribution < -0.4 is 5.73 Å². The zero-order valence-electron chi connectivity index (χ0n) is 10.4. The fourth-order valence-corrected chi connectivity index (χ4v) is 1.85. The van der Waals surface area contributed by atoms with Gasteiger partial charge in [-0.1, -0.05) is 18.2 Å². The van der Waals surface area contributed by atoms with E-state index in [0.29, 0.717) is 5.56 Å². The third-order valence-corrected chi connectivity index (χ3v) is 2.86. The van der Waals surface area contributed by atoms with Crippen molar-refractivity contribution in [1.29, 1.82) is 0 Å². The van der Waals surface area contributed by atoms with Gasteiger partial charge < -0.3 is 5.73 Å². The quantitative estimate of drug-likeness (QED) is 0.527. The Hall–Kier alpha value is -2.60. The standard InChI is InChI=1S/C14H11FN2O3/c15-11-3-1-2-9(6-11)14(18)13-7-12(17(19)20)5-4-10(13)8-16/h1-7H,8,16H2. The Bertz CT molecular complexity index is 686. The number of nitro benzene ring substituents is 1. The largest absolute Gasteiger partial charge is 0.326 e. The molecule has 0 aliphatic carbocycles. The molecule has 2 aromatic rings. The number of nitro groups is 1. The molecule has 2 aromatic carbocycles. The van der Waals surface area contributed by atoms with Gasteiger partial charge in [-0.2, -0.15) is 0 Å². The van der Waals surface area contributed by atoms with Crippen LogP contribution in [0.25, 0.3) is 0 Å². The molecule has 0 aromatic heterocycles. The summed E-state index contributed by atoms with van der Waals surface area (Å²) in [6, 6.07) is 9.03. The second-order valence-corrected chi connectivity index (χ2v) is 4.14. The van der Waals surface area contributed by atoms with Crippen LogP contribution in [0.15, 0.2) is 42.5 Å². The Labute approximate surface area is 114 Å². The number of ketones is 1. The summed E-state index contributed by atoms with van der Waals surface area (Å²) in [6.45, 7) is 0.0639. The molecule has 0 amide bonds. The number of non-ortho nitro benzene ring substituents is 1. The number of carbonyl (C=O) groups is 1. The van der Waals surface area contributed by atoms with Gasteiger partial charge >= 0.3 is 0 Å². The summed E-state index contributed by atoms with van der Waals surface area (Å²) in [4.78, 5) is 22.5. The molecule has 2 N–H and O–H groups in total. The Balaban J connectivity index is 2.52. The van der Waals surface area contributed by atoms with Crippen LogP contribution in [-0.2, 0) is 6.54 Å². The third kappa shape index (κ3) is 2.70. The minimum Gasteiger partial charge on any atom is -0.326 e. The molecule has 0 spiro atoms. The lowest BCUT2D eigenvalue weighted by molar-refractivity contribution is -0.384. The van der Waals surface area contributed by atoms with Gasteiger partial charge in [-0.3, -0.25) is 14.9 Å². The van der Waals surface area contributed by atoms with Crippen LogP contribution in [0.3, 0.4) is 0 Å². The van der Waals surface area contributed by atoms with Crippen molar-refractivity contribution >= 4 is 11.5 Å². The molecule has 5 nitrogen and oxygen atoms in total. The van der Waals surface area contributed by atoms with Crippen LogP contribution >= 0.6 is 0 Å². The Morgan fingerprint density at radius 2 is 2.00 bits per heavy atom. The number of hydrogen-bond acceptors (Lipinski definition) is 4. The van der Waals surface area contributed by atoms with Gasteiger partial charge in [0.15, 0.2) is 5.78 Å². The molecule has 6 heteroatoms. The van der Waals surface area contributed by atoms with Gasteiger partial charge in [-0.05, 0) is 17.7 Å². The maximum absolute atomic E-state index is 13.1. The summed E-state index contributed by atoms with van der Waals surface area (Å²) in [5.41, 5.74) is 6.04. The van der Waals surface area contributed by atoms with Crippen LogP contribution in [-0.4, -0.2) is 10.7 Å². The normalized spacial score (nSPS) is 10.3. The molecule has 0 bridgehead atoms. The van der Waals surface area contributed by atoms with E-state index in [2.05, 4.69) is 0 Å². The highest BCUT2D eigenvalue weighted by Gasteiger charge is 2.17. The van der Waals surface area contributed by atoms with Gasteiger partial charge in [0.1, 0.15) is 5.82 Å². The molecule has 0 radical (unpaired) electrons. The first kappa shape index (κ1) is 13.8. The van der Waals surface area contributed by atoms with E-state index in [9.17, 15) is 19.3 Å². The first-order valence-corrected chi connectivity index (χ1v) is 5.80. The van der Waals surface area contributed by atoms with E-state index in [1.807, 2.05) is 0 Å². The molecule has 0 aliphatic rings. The number of rotatable bonds is 4. The fourth-order valence-electron chi connectivity index (χ4n) is 1.85. The molecule has 0 atom stereocenters. The fraction of sp³-hybridized carbons (Fsp3) is 0.0714. The highest BCUT2D eigenvalue weighted by molar-refractivity contribution is 6.10. The monoisotopic (exact) mass is 274 g/mol. The van der Waals surface area contributed by atoms with E-state index in [4.69, 9.17) is 5.73 Å². The molecule has 102 valence electrons. The Kier molecular flexibility index (Phi) is 3.86. The Morgan fingerprint density at radius 1 is 1.25 bits per heavy atom. The van der Waals surface area contributed by atoms with E-state index >= 15 is 0 Å². The maximum Gasteiger partial charge on any atom is 0.270 e. The second kappa shape index (κ2) is 5.58. The summed E-state index contributed by atoms with van der Waals surface area (Å²) in [6.07, 6.45) is 0. The minimum atomic E-state index is -0.595. The lowest BCUT2D eigenvalue weighted by atomic mass is 9.97. The highest BCUT2D eigenvalue weighted by Crippen LogP contribution is 2.21. The van der Waals surface area contributed by atoms with E-state index < -0.39 is 16.5 Å². The van der Waals surface area contributed by atoms with Crippen LogP contribution in [0.1, 0.15) is 21.5 Å². The van der Waals surface area contributed by atoms with Crippen molar-refractivity contribution in [2.75, 3.05) is 0 Å². The summed E-state index contributed by atoms with van der Waals surface area (Å²) in [5, 5.41) is 10.8. The van der Waals surface area contributed by atoms with E-state index in [-0.39, 0.29) is 23.4 Å². The predicted octanol–water partition coefficient (Wildman–Crippen LogP) is 2.42. The van der Waals surface area contributed by atoms with Crippen molar-refractivity contribution < 1.29 is 14.1 Å². The van der Waals surface area contributed by atoms with Crippen molar-refractivity contribution in [2.45, 2.75) is 6.54 Å². The average molecular weight is 274 g/mol. The first-order chi connectivity index (χ1) is 9.52. The lowest BCUT2D eigenvalue weighted by Gasteiger charge is -2.07. The lowest BCUT2D eigenvalue weighted by Crippen LogP contribution is -2.09. The Morgan fingerprint density at radius 3 is 2.60 bits per heavy atom. The van der Waals surface area contributed by atoms with Gasteiger partial charge in [-0.15, -0.1) is 0 Å². The van der Waals surface area contributed by atoms with Gasteiger partial charge in [0.25, 0.3) is 5.69 Å². The number of carbonyl (C=O) groups excluding carboxylic acids is 1. The van der Waals surface area contributed by atoms with E-state index in [1.165, 1.54) is 30.3 Å². The summed E-state index contributed by atoms with van der Waals surface area (Å²) in [5.74, 6) is -1.04. The first-order valence-electron chi connectivity index (χ1n) is 5.80. The van der Waals surface area contributed by atoms with Gasteiger partial charge in [0.2, 0.25) is 0 Å². The maximum atomic E-state index is 13.1. The number of nitrogens with two attached hydrogens (primary N) is 1. The molecular formula is C14H11FN2O3. The summed E-state index contributed by atoms with van der Waals surface area (Å²) in [7, 11) is 0. The average Bonchev–Trinajstić information content (AvgIpc) is 2.45. The zero-order chi connectivity index (χ0) is 14.7. The molecule has 0 aliphatic heterocycles.